The molecule has 4 rings (SSSR count). The lowest BCUT2D eigenvalue weighted by atomic mass is 10.2. The van der Waals surface area contributed by atoms with Crippen LogP contribution in [0, 0.1) is 0 Å². The molecule has 3 aromatic rings. The second-order valence-corrected chi connectivity index (χ2v) is 8.24. The number of rotatable bonds is 6. The maximum Gasteiger partial charge on any atom is 0.321 e. The van der Waals surface area contributed by atoms with Crippen molar-refractivity contribution in [3.63, 3.8) is 0 Å². The summed E-state index contributed by atoms with van der Waals surface area (Å²) in [6.07, 6.45) is 0. The zero-order valence-corrected chi connectivity index (χ0v) is 16.4. The molecule has 1 aliphatic heterocycles. The number of carbonyl (C=O) groups excluding carboxylic acids is 2. The summed E-state index contributed by atoms with van der Waals surface area (Å²) < 4.78 is 0.793. The Morgan fingerprint density at radius 3 is 2.82 bits per heavy atom. The van der Waals surface area contributed by atoms with E-state index in [0.29, 0.717) is 29.5 Å². The number of hydrogen-bond acceptors (Lipinski definition) is 6. The first kappa shape index (κ1) is 18.5. The monoisotopic (exact) mass is 411 g/mol. The molecule has 0 aliphatic carbocycles. The van der Waals surface area contributed by atoms with Crippen LogP contribution in [-0.2, 0) is 5.75 Å². The third-order valence-corrected chi connectivity index (χ3v) is 6.15. The van der Waals surface area contributed by atoms with E-state index in [4.69, 9.17) is 0 Å². The van der Waals surface area contributed by atoms with Crippen molar-refractivity contribution in [3.05, 3.63) is 65.7 Å². The molecule has 0 unspecified atom stereocenters. The van der Waals surface area contributed by atoms with Crippen LogP contribution in [0.2, 0.25) is 0 Å². The van der Waals surface area contributed by atoms with Crippen LogP contribution in [-0.4, -0.2) is 35.2 Å². The lowest BCUT2D eigenvalue weighted by molar-refractivity contribution is 0.102. The average molecular weight is 412 g/mol. The van der Waals surface area contributed by atoms with Gasteiger partial charge in [0.1, 0.15) is 0 Å². The SMILES string of the molecule is O=C(Nc1nnc(SCc2ccccc2)s1)c1cccc(N2CCNC2=O)c1. The summed E-state index contributed by atoms with van der Waals surface area (Å²) in [5, 5.41) is 14.2. The van der Waals surface area contributed by atoms with Crippen molar-refractivity contribution in [3.8, 4) is 0 Å². The summed E-state index contributed by atoms with van der Waals surface area (Å²) in [5.41, 5.74) is 2.36. The molecule has 1 aliphatic rings. The summed E-state index contributed by atoms with van der Waals surface area (Å²) in [4.78, 5) is 26.0. The van der Waals surface area contributed by atoms with Crippen LogP contribution in [0.15, 0.2) is 58.9 Å². The second kappa shape index (κ2) is 8.41. The first-order valence-electron chi connectivity index (χ1n) is 8.66. The molecule has 0 saturated carbocycles. The van der Waals surface area contributed by atoms with E-state index in [9.17, 15) is 9.59 Å². The van der Waals surface area contributed by atoms with E-state index >= 15 is 0 Å². The fourth-order valence-corrected chi connectivity index (χ4v) is 4.44. The molecule has 9 heteroatoms. The van der Waals surface area contributed by atoms with E-state index in [1.54, 1.807) is 34.9 Å². The van der Waals surface area contributed by atoms with Gasteiger partial charge in [0.2, 0.25) is 5.13 Å². The van der Waals surface area contributed by atoms with Crippen molar-refractivity contribution in [2.45, 2.75) is 10.1 Å². The maximum absolute atomic E-state index is 12.6. The normalized spacial score (nSPS) is 13.4. The van der Waals surface area contributed by atoms with Crippen LogP contribution < -0.4 is 15.5 Å². The zero-order chi connectivity index (χ0) is 19.3. The minimum Gasteiger partial charge on any atom is -0.336 e. The Kier molecular flexibility index (Phi) is 5.54. The largest absolute Gasteiger partial charge is 0.336 e. The van der Waals surface area contributed by atoms with E-state index < -0.39 is 0 Å². The van der Waals surface area contributed by atoms with Crippen LogP contribution in [0.5, 0.6) is 0 Å². The van der Waals surface area contributed by atoms with Crippen molar-refractivity contribution in [2.75, 3.05) is 23.3 Å². The van der Waals surface area contributed by atoms with E-state index in [2.05, 4.69) is 33.0 Å². The lowest BCUT2D eigenvalue weighted by Crippen LogP contribution is -2.27. The zero-order valence-electron chi connectivity index (χ0n) is 14.8. The summed E-state index contributed by atoms with van der Waals surface area (Å²) in [7, 11) is 0. The molecule has 0 bridgehead atoms. The second-order valence-electron chi connectivity index (χ2n) is 6.04. The molecule has 142 valence electrons. The van der Waals surface area contributed by atoms with Crippen molar-refractivity contribution < 1.29 is 9.59 Å². The van der Waals surface area contributed by atoms with Gasteiger partial charge in [-0.15, -0.1) is 10.2 Å². The Balaban J connectivity index is 1.39. The lowest BCUT2D eigenvalue weighted by Gasteiger charge is -2.14. The summed E-state index contributed by atoms with van der Waals surface area (Å²) >= 11 is 2.92. The predicted octanol–water partition coefficient (Wildman–Crippen LogP) is 3.61. The minimum absolute atomic E-state index is 0.151. The van der Waals surface area contributed by atoms with Crippen LogP contribution in [0.4, 0.5) is 15.6 Å². The molecule has 7 nitrogen and oxygen atoms in total. The van der Waals surface area contributed by atoms with Gasteiger partial charge in [0.25, 0.3) is 5.91 Å². The van der Waals surface area contributed by atoms with E-state index in [0.717, 1.165) is 10.1 Å². The quantitative estimate of drug-likeness (QED) is 0.478. The first-order chi connectivity index (χ1) is 13.7. The van der Waals surface area contributed by atoms with E-state index in [1.165, 1.54) is 16.9 Å². The number of nitrogens with zero attached hydrogens (tertiary/aromatic N) is 3. The highest BCUT2D eigenvalue weighted by molar-refractivity contribution is 8.00. The van der Waals surface area contributed by atoms with Gasteiger partial charge < -0.3 is 5.32 Å². The Morgan fingerprint density at radius 1 is 1.18 bits per heavy atom. The van der Waals surface area contributed by atoms with Crippen molar-refractivity contribution in [1.29, 1.82) is 0 Å². The van der Waals surface area contributed by atoms with Gasteiger partial charge >= 0.3 is 6.03 Å². The maximum atomic E-state index is 12.6. The summed E-state index contributed by atoms with van der Waals surface area (Å²) in [5.74, 6) is 0.515. The molecule has 28 heavy (non-hydrogen) atoms. The van der Waals surface area contributed by atoms with Crippen molar-refractivity contribution >= 4 is 45.9 Å². The molecule has 2 N–H and O–H groups in total. The number of thioether (sulfide) groups is 1. The highest BCUT2D eigenvalue weighted by Crippen LogP contribution is 2.28. The third kappa shape index (κ3) is 4.32. The standard InChI is InChI=1S/C19H17N5O2S2/c25-16(14-7-4-8-15(11-14)24-10-9-20-18(24)26)21-17-22-23-19(28-17)27-12-13-5-2-1-3-6-13/h1-8,11H,9-10,12H2,(H,20,26)(H,21,22,25). The fourth-order valence-electron chi connectivity index (χ4n) is 2.74. The predicted molar refractivity (Wildman–Crippen MR) is 111 cm³/mol. The molecule has 2 aromatic carbocycles. The highest BCUT2D eigenvalue weighted by Gasteiger charge is 2.22. The van der Waals surface area contributed by atoms with Crippen LogP contribution in [0.25, 0.3) is 0 Å². The van der Waals surface area contributed by atoms with E-state index in [1.807, 2.05) is 24.3 Å². The molecular formula is C19H17N5O2S2. The fraction of sp³-hybridized carbons (Fsp3) is 0.158. The smallest absolute Gasteiger partial charge is 0.321 e. The number of amides is 3. The van der Waals surface area contributed by atoms with Gasteiger partial charge in [-0.2, -0.15) is 0 Å². The summed E-state index contributed by atoms with van der Waals surface area (Å²) in [6, 6.07) is 16.9. The van der Waals surface area contributed by atoms with Gasteiger partial charge in [-0.1, -0.05) is 59.5 Å². The molecule has 0 atom stereocenters. The molecule has 0 radical (unpaired) electrons. The van der Waals surface area contributed by atoms with E-state index in [-0.39, 0.29) is 11.9 Å². The molecule has 1 saturated heterocycles. The average Bonchev–Trinajstić information content (AvgIpc) is 3.36. The minimum atomic E-state index is -0.280. The molecule has 2 heterocycles. The van der Waals surface area contributed by atoms with Crippen LogP contribution in [0.3, 0.4) is 0 Å². The molecule has 0 spiro atoms. The molecule has 3 amide bonds. The van der Waals surface area contributed by atoms with Crippen LogP contribution >= 0.6 is 23.1 Å². The van der Waals surface area contributed by atoms with Crippen molar-refractivity contribution in [1.82, 2.24) is 15.5 Å². The highest BCUT2D eigenvalue weighted by atomic mass is 32.2. The third-order valence-electron chi connectivity index (χ3n) is 4.11. The van der Waals surface area contributed by atoms with Gasteiger partial charge in [-0.3, -0.25) is 15.0 Å². The Hall–Kier alpha value is -2.91. The molecule has 1 aromatic heterocycles. The number of anilines is 2. The number of urea groups is 1. The number of benzene rings is 2. The van der Waals surface area contributed by atoms with Gasteiger partial charge in [0.05, 0.1) is 0 Å². The number of aromatic nitrogens is 2. The topological polar surface area (TPSA) is 87.2 Å². The Labute approximate surface area is 170 Å². The van der Waals surface area contributed by atoms with Gasteiger partial charge in [0.15, 0.2) is 4.34 Å². The Morgan fingerprint density at radius 2 is 2.04 bits per heavy atom. The number of carbonyl (C=O) groups is 2. The van der Waals surface area contributed by atoms with Gasteiger partial charge in [-0.05, 0) is 23.8 Å². The van der Waals surface area contributed by atoms with Crippen LogP contribution in [0.1, 0.15) is 15.9 Å². The van der Waals surface area contributed by atoms with Gasteiger partial charge in [0, 0.05) is 30.1 Å². The van der Waals surface area contributed by atoms with Gasteiger partial charge in [-0.25, -0.2) is 4.79 Å². The Bertz CT molecular complexity index is 993. The molecular weight excluding hydrogens is 394 g/mol. The number of nitrogens with one attached hydrogen (secondary N) is 2. The summed E-state index contributed by atoms with van der Waals surface area (Å²) in [6.45, 7) is 1.19. The number of hydrogen-bond donors (Lipinski definition) is 2. The molecule has 1 fully saturated rings. The van der Waals surface area contributed by atoms with Crippen molar-refractivity contribution in [2.24, 2.45) is 0 Å². The first-order valence-corrected chi connectivity index (χ1v) is 10.5.